The number of rotatable bonds is 4. The first-order chi connectivity index (χ1) is 12.3. The molecule has 5 heteroatoms. The molecule has 2 aliphatic heterocycles. The lowest BCUT2D eigenvalue weighted by atomic mass is 10.0. The fourth-order valence-electron chi connectivity index (χ4n) is 3.26. The van der Waals surface area contributed by atoms with Gasteiger partial charge in [-0.05, 0) is 42.2 Å². The largest absolute Gasteiger partial charge is 0.486 e. The number of thioether (sulfide) groups is 1. The maximum atomic E-state index is 12.4. The van der Waals surface area contributed by atoms with Crippen LogP contribution in [0.1, 0.15) is 30.0 Å². The fourth-order valence-corrected chi connectivity index (χ4v) is 4.38. The van der Waals surface area contributed by atoms with Crippen molar-refractivity contribution in [1.82, 2.24) is 5.32 Å². The lowest BCUT2D eigenvalue weighted by Gasteiger charge is -2.26. The van der Waals surface area contributed by atoms with Gasteiger partial charge in [-0.1, -0.05) is 24.3 Å². The molecule has 0 bridgehead atoms. The zero-order chi connectivity index (χ0) is 17.1. The summed E-state index contributed by atoms with van der Waals surface area (Å²) in [5, 5.41) is 3.20. The van der Waals surface area contributed by atoms with E-state index in [0.29, 0.717) is 26.1 Å². The molecule has 2 aromatic rings. The van der Waals surface area contributed by atoms with Crippen LogP contribution in [0.5, 0.6) is 11.5 Å². The van der Waals surface area contributed by atoms with Gasteiger partial charge < -0.3 is 14.8 Å². The number of benzene rings is 2. The molecule has 0 fully saturated rings. The highest BCUT2D eigenvalue weighted by atomic mass is 32.2. The number of hydrogen-bond acceptors (Lipinski definition) is 4. The molecule has 2 aromatic carbocycles. The van der Waals surface area contributed by atoms with Crippen molar-refractivity contribution < 1.29 is 14.3 Å². The van der Waals surface area contributed by atoms with Crippen molar-refractivity contribution >= 4 is 17.7 Å². The van der Waals surface area contributed by atoms with Gasteiger partial charge in [-0.15, -0.1) is 11.8 Å². The van der Waals surface area contributed by atoms with Crippen LogP contribution in [0.15, 0.2) is 47.4 Å². The van der Waals surface area contributed by atoms with Crippen LogP contribution in [0, 0.1) is 0 Å². The van der Waals surface area contributed by atoms with Gasteiger partial charge in [0.05, 0.1) is 6.04 Å². The predicted octanol–water partition coefficient (Wildman–Crippen LogP) is 3.74. The van der Waals surface area contributed by atoms with Crippen LogP contribution in [-0.2, 0) is 11.2 Å². The molecule has 1 unspecified atom stereocenters. The van der Waals surface area contributed by atoms with E-state index in [9.17, 15) is 4.79 Å². The molecule has 4 nitrogen and oxygen atoms in total. The van der Waals surface area contributed by atoms with Crippen molar-refractivity contribution in [3.8, 4) is 11.5 Å². The Morgan fingerprint density at radius 1 is 1.12 bits per heavy atom. The van der Waals surface area contributed by atoms with Gasteiger partial charge in [-0.3, -0.25) is 4.79 Å². The second kappa shape index (κ2) is 7.40. The normalized spacial score (nSPS) is 18.3. The van der Waals surface area contributed by atoms with Gasteiger partial charge in [-0.2, -0.15) is 0 Å². The molecule has 0 saturated carbocycles. The Morgan fingerprint density at radius 2 is 1.96 bits per heavy atom. The Labute approximate surface area is 151 Å². The number of amides is 1. The molecule has 25 heavy (non-hydrogen) atoms. The van der Waals surface area contributed by atoms with E-state index in [1.54, 1.807) is 0 Å². The summed E-state index contributed by atoms with van der Waals surface area (Å²) >= 11 is 1.87. The Bertz CT molecular complexity index is 777. The molecule has 130 valence electrons. The third-order valence-corrected chi connectivity index (χ3v) is 5.66. The summed E-state index contributed by atoms with van der Waals surface area (Å²) in [6, 6.07) is 14.4. The van der Waals surface area contributed by atoms with Gasteiger partial charge in [-0.25, -0.2) is 0 Å². The van der Waals surface area contributed by atoms with Crippen molar-refractivity contribution in [2.24, 2.45) is 0 Å². The molecule has 2 heterocycles. The van der Waals surface area contributed by atoms with Crippen molar-refractivity contribution in [2.45, 2.75) is 30.2 Å². The first-order valence-electron chi connectivity index (χ1n) is 8.69. The molecule has 1 N–H and O–H groups in total. The number of fused-ring (bicyclic) bond motifs is 2. The molecule has 0 saturated heterocycles. The minimum atomic E-state index is 0.0987. The molecular weight excluding hydrogens is 334 g/mol. The minimum absolute atomic E-state index is 0.0987. The zero-order valence-corrected chi connectivity index (χ0v) is 14.8. The van der Waals surface area contributed by atoms with Crippen LogP contribution in [0.25, 0.3) is 0 Å². The van der Waals surface area contributed by atoms with Crippen LogP contribution in [-0.4, -0.2) is 24.9 Å². The molecule has 0 aromatic heterocycles. The van der Waals surface area contributed by atoms with Crippen LogP contribution < -0.4 is 14.8 Å². The summed E-state index contributed by atoms with van der Waals surface area (Å²) in [6.45, 7) is 1.17. The van der Waals surface area contributed by atoms with Crippen molar-refractivity contribution in [3.05, 3.63) is 53.6 Å². The Morgan fingerprint density at radius 3 is 2.88 bits per heavy atom. The highest BCUT2D eigenvalue weighted by Crippen LogP contribution is 2.36. The quantitative estimate of drug-likeness (QED) is 0.907. The van der Waals surface area contributed by atoms with Gasteiger partial charge in [0.2, 0.25) is 5.91 Å². The number of carbonyl (C=O) groups is 1. The first-order valence-corrected chi connectivity index (χ1v) is 9.68. The molecule has 0 aliphatic carbocycles. The predicted molar refractivity (Wildman–Crippen MR) is 98.4 cm³/mol. The van der Waals surface area contributed by atoms with E-state index < -0.39 is 0 Å². The number of aryl methyl sites for hydroxylation is 1. The van der Waals surface area contributed by atoms with Gasteiger partial charge >= 0.3 is 0 Å². The topological polar surface area (TPSA) is 47.6 Å². The second-order valence-electron chi connectivity index (χ2n) is 6.27. The van der Waals surface area contributed by atoms with Gasteiger partial charge in [0, 0.05) is 17.1 Å². The zero-order valence-electron chi connectivity index (χ0n) is 14.0. The molecule has 1 amide bonds. The molecule has 0 spiro atoms. The van der Waals surface area contributed by atoms with E-state index in [1.165, 1.54) is 10.5 Å². The van der Waals surface area contributed by atoms with Crippen molar-refractivity contribution in [3.63, 3.8) is 0 Å². The Balaban J connectivity index is 1.36. The number of carbonyl (C=O) groups excluding carboxylic acids is 1. The summed E-state index contributed by atoms with van der Waals surface area (Å²) in [5.74, 6) is 2.71. The lowest BCUT2D eigenvalue weighted by molar-refractivity contribution is -0.121. The van der Waals surface area contributed by atoms with E-state index in [0.717, 1.165) is 29.2 Å². The van der Waals surface area contributed by atoms with Crippen molar-refractivity contribution in [1.29, 1.82) is 0 Å². The molecular formula is C20H21NO3S. The summed E-state index contributed by atoms with van der Waals surface area (Å²) < 4.78 is 11.1. The summed E-state index contributed by atoms with van der Waals surface area (Å²) in [6.07, 6.45) is 2.16. The maximum Gasteiger partial charge on any atom is 0.220 e. The number of ether oxygens (including phenoxy) is 2. The molecule has 2 aliphatic rings. The van der Waals surface area contributed by atoms with Crippen LogP contribution in [0.3, 0.4) is 0 Å². The van der Waals surface area contributed by atoms with E-state index >= 15 is 0 Å². The summed E-state index contributed by atoms with van der Waals surface area (Å²) in [5.41, 5.74) is 2.34. The monoisotopic (exact) mass is 355 g/mol. The van der Waals surface area contributed by atoms with Crippen LogP contribution >= 0.6 is 11.8 Å². The molecule has 0 radical (unpaired) electrons. The number of nitrogens with one attached hydrogen (secondary N) is 1. The fraction of sp³-hybridized carbons (Fsp3) is 0.350. The summed E-state index contributed by atoms with van der Waals surface area (Å²) in [7, 11) is 0. The van der Waals surface area contributed by atoms with Crippen LogP contribution in [0.4, 0.5) is 0 Å². The minimum Gasteiger partial charge on any atom is -0.486 e. The Hall–Kier alpha value is -2.14. The molecule has 4 rings (SSSR count). The number of hydrogen-bond donors (Lipinski definition) is 1. The van der Waals surface area contributed by atoms with E-state index in [4.69, 9.17) is 9.47 Å². The van der Waals surface area contributed by atoms with Gasteiger partial charge in [0.25, 0.3) is 0 Å². The van der Waals surface area contributed by atoms with Crippen molar-refractivity contribution in [2.75, 3.05) is 19.0 Å². The first kappa shape index (κ1) is 16.3. The van der Waals surface area contributed by atoms with Crippen LogP contribution in [0.2, 0.25) is 0 Å². The van der Waals surface area contributed by atoms with Gasteiger partial charge in [0.1, 0.15) is 13.2 Å². The van der Waals surface area contributed by atoms with Gasteiger partial charge in [0.15, 0.2) is 11.5 Å². The maximum absolute atomic E-state index is 12.4. The van der Waals surface area contributed by atoms with E-state index in [2.05, 4.69) is 23.5 Å². The average molecular weight is 355 g/mol. The Kier molecular flexibility index (Phi) is 4.83. The SMILES string of the molecule is O=C(CCc1ccc2c(c1)OCCO2)NC1CCSc2ccccc21. The third kappa shape index (κ3) is 3.76. The van der Waals surface area contributed by atoms with E-state index in [1.807, 2.05) is 36.0 Å². The second-order valence-corrected chi connectivity index (χ2v) is 7.41. The highest BCUT2D eigenvalue weighted by molar-refractivity contribution is 7.99. The lowest BCUT2D eigenvalue weighted by Crippen LogP contribution is -2.30. The summed E-state index contributed by atoms with van der Waals surface area (Å²) in [4.78, 5) is 13.7. The third-order valence-electron chi connectivity index (χ3n) is 4.54. The smallest absolute Gasteiger partial charge is 0.220 e. The van der Waals surface area contributed by atoms with E-state index in [-0.39, 0.29) is 11.9 Å². The molecule has 1 atom stereocenters. The standard InChI is InChI=1S/C20H21NO3S/c22-20(21-16-9-12-25-19-4-2-1-3-15(16)19)8-6-14-5-7-17-18(13-14)24-11-10-23-17/h1-5,7,13,16H,6,8-12H2,(H,21,22). The average Bonchev–Trinajstić information content (AvgIpc) is 2.66. The highest BCUT2D eigenvalue weighted by Gasteiger charge is 2.21.